The Kier molecular flexibility index (Phi) is 9.37. The van der Waals surface area contributed by atoms with E-state index in [1.54, 1.807) is 23.6 Å². The zero-order valence-electron chi connectivity index (χ0n) is 18.0. The van der Waals surface area contributed by atoms with Crippen molar-refractivity contribution < 1.29 is 14.3 Å². The summed E-state index contributed by atoms with van der Waals surface area (Å²) >= 11 is 5.21. The van der Waals surface area contributed by atoms with E-state index in [9.17, 15) is 4.79 Å². The first-order valence-electron chi connectivity index (χ1n) is 9.55. The number of aromatic nitrogens is 4. The monoisotopic (exact) mass is 500 g/mol. The molecule has 0 bridgehead atoms. The minimum Gasteiger partial charge on any atom is -0.493 e. The van der Waals surface area contributed by atoms with Gasteiger partial charge in [-0.15, -0.1) is 5.10 Å². The Balaban J connectivity index is 1.81. The van der Waals surface area contributed by atoms with Crippen LogP contribution >= 0.6 is 27.7 Å². The highest BCUT2D eigenvalue weighted by Crippen LogP contribution is 2.33. The average molecular weight is 501 g/mol. The number of carbonyl (C=O) groups is 1. The number of rotatable bonds is 11. The minimum absolute atomic E-state index is 0.0730. The third-order valence-corrected chi connectivity index (χ3v) is 5.67. The quantitative estimate of drug-likeness (QED) is 0.358. The van der Waals surface area contributed by atoms with Gasteiger partial charge in [0.25, 0.3) is 5.91 Å². The van der Waals surface area contributed by atoms with Gasteiger partial charge in [0.2, 0.25) is 5.16 Å². The number of halogens is 1. The largest absolute Gasteiger partial charge is 0.493 e. The molecule has 11 heteroatoms. The van der Waals surface area contributed by atoms with Crippen molar-refractivity contribution in [1.29, 1.82) is 0 Å². The van der Waals surface area contributed by atoms with Crippen LogP contribution in [0.15, 0.2) is 21.8 Å². The number of nitrogens with zero attached hydrogens (tertiary/aromatic N) is 4. The van der Waals surface area contributed by atoms with Crippen LogP contribution in [0.3, 0.4) is 0 Å². The maximum absolute atomic E-state index is 12.0. The van der Waals surface area contributed by atoms with Gasteiger partial charge in [0.1, 0.15) is 0 Å². The molecule has 0 fully saturated rings. The fourth-order valence-corrected chi connectivity index (χ4v) is 3.76. The van der Waals surface area contributed by atoms with Crippen molar-refractivity contribution in [2.75, 3.05) is 26.0 Å². The Morgan fingerprint density at radius 2 is 2.07 bits per heavy atom. The normalized spacial score (nSPS) is 11.4. The lowest BCUT2D eigenvalue weighted by Crippen LogP contribution is -2.43. The molecule has 0 unspecified atom stereocenters. The predicted octanol–water partition coefficient (Wildman–Crippen LogP) is 2.55. The molecule has 166 valence electrons. The predicted molar refractivity (Wildman–Crippen MR) is 120 cm³/mol. The topological polar surface area (TPSA) is 103 Å². The summed E-state index contributed by atoms with van der Waals surface area (Å²) in [5, 5.41) is 18.5. The van der Waals surface area contributed by atoms with Crippen LogP contribution in [0.1, 0.15) is 32.8 Å². The van der Waals surface area contributed by atoms with E-state index in [0.29, 0.717) is 18.0 Å². The van der Waals surface area contributed by atoms with Gasteiger partial charge in [0.05, 0.1) is 7.11 Å². The summed E-state index contributed by atoms with van der Waals surface area (Å²) in [6.45, 7) is 7.24. The fraction of sp³-hybridized carbons (Fsp3) is 0.579. The number of amides is 1. The van der Waals surface area contributed by atoms with Gasteiger partial charge in [-0.25, -0.2) is 4.68 Å². The number of aryl methyl sites for hydroxylation is 1. The Morgan fingerprint density at radius 3 is 2.70 bits per heavy atom. The molecule has 0 saturated heterocycles. The summed E-state index contributed by atoms with van der Waals surface area (Å²) in [7, 11) is 3.41. The third kappa shape index (κ3) is 8.11. The van der Waals surface area contributed by atoms with Crippen molar-refractivity contribution in [2.45, 2.75) is 44.4 Å². The van der Waals surface area contributed by atoms with Crippen LogP contribution in [-0.2, 0) is 18.4 Å². The Morgan fingerprint density at radius 1 is 1.30 bits per heavy atom. The van der Waals surface area contributed by atoms with E-state index < -0.39 is 0 Å². The number of ether oxygens (including phenoxy) is 2. The molecule has 0 atom stereocenters. The Hall–Kier alpha value is -1.85. The van der Waals surface area contributed by atoms with E-state index in [0.717, 1.165) is 33.9 Å². The SMILES string of the molecule is COc1cc(CNCCCSc2nnnn2C)c(Br)cc1OCC(=O)NC(C)(C)C. The second-order valence-corrected chi connectivity index (χ2v) is 9.56. The number of benzene rings is 1. The highest BCUT2D eigenvalue weighted by atomic mass is 79.9. The standard InChI is InChI=1S/C19H29BrN6O3S/c1-19(2,3)22-17(27)12-29-16-10-14(20)13(9-15(16)28-5)11-21-7-6-8-30-18-23-24-25-26(18)4/h9-10,21H,6-8,11-12H2,1-5H3,(H,22,27). The smallest absolute Gasteiger partial charge is 0.258 e. The highest BCUT2D eigenvalue weighted by Gasteiger charge is 2.16. The summed E-state index contributed by atoms with van der Waals surface area (Å²) in [4.78, 5) is 12.0. The molecule has 0 aliphatic heterocycles. The second-order valence-electron chi connectivity index (χ2n) is 7.65. The van der Waals surface area contributed by atoms with E-state index in [1.165, 1.54) is 0 Å². The number of nitrogens with one attached hydrogen (secondary N) is 2. The van der Waals surface area contributed by atoms with Gasteiger partial charge >= 0.3 is 0 Å². The zero-order valence-corrected chi connectivity index (χ0v) is 20.4. The van der Waals surface area contributed by atoms with Crippen LogP contribution in [0.2, 0.25) is 0 Å². The van der Waals surface area contributed by atoms with Crippen LogP contribution in [0.5, 0.6) is 11.5 Å². The molecule has 0 aliphatic rings. The van der Waals surface area contributed by atoms with E-state index in [2.05, 4.69) is 42.1 Å². The Bertz CT molecular complexity index is 840. The first kappa shape index (κ1) is 24.4. The molecule has 0 spiro atoms. The number of hydrogen-bond acceptors (Lipinski definition) is 8. The van der Waals surface area contributed by atoms with E-state index >= 15 is 0 Å². The number of thioether (sulfide) groups is 1. The van der Waals surface area contributed by atoms with Crippen molar-refractivity contribution in [3.8, 4) is 11.5 Å². The minimum atomic E-state index is -0.301. The van der Waals surface area contributed by atoms with E-state index in [4.69, 9.17) is 9.47 Å². The average Bonchev–Trinajstić information content (AvgIpc) is 3.07. The first-order chi connectivity index (χ1) is 14.2. The number of methoxy groups -OCH3 is 1. The molecular weight excluding hydrogens is 472 g/mol. The summed E-state index contributed by atoms with van der Waals surface area (Å²) in [5.41, 5.74) is 0.744. The third-order valence-electron chi connectivity index (χ3n) is 3.83. The van der Waals surface area contributed by atoms with Crippen LogP contribution in [-0.4, -0.2) is 57.7 Å². The molecule has 2 rings (SSSR count). The van der Waals surface area contributed by atoms with Crippen LogP contribution in [0.4, 0.5) is 0 Å². The number of tetrazole rings is 1. The number of hydrogen-bond donors (Lipinski definition) is 2. The van der Waals surface area contributed by atoms with Crippen LogP contribution in [0, 0.1) is 0 Å². The van der Waals surface area contributed by atoms with Gasteiger partial charge in [0.15, 0.2) is 18.1 Å². The summed E-state index contributed by atoms with van der Waals surface area (Å²) < 4.78 is 13.7. The molecule has 1 heterocycles. The maximum Gasteiger partial charge on any atom is 0.258 e. The summed E-state index contributed by atoms with van der Waals surface area (Å²) in [6, 6.07) is 3.74. The second kappa shape index (κ2) is 11.5. The molecule has 9 nitrogen and oxygen atoms in total. The summed E-state index contributed by atoms with van der Waals surface area (Å²) in [6.07, 6.45) is 0.983. The molecule has 30 heavy (non-hydrogen) atoms. The Labute approximate surface area is 189 Å². The van der Waals surface area contributed by atoms with Gasteiger partial charge in [-0.3, -0.25) is 4.79 Å². The fourth-order valence-electron chi connectivity index (χ4n) is 2.51. The lowest BCUT2D eigenvalue weighted by molar-refractivity contribution is -0.124. The molecule has 2 aromatic rings. The highest BCUT2D eigenvalue weighted by molar-refractivity contribution is 9.10. The first-order valence-corrected chi connectivity index (χ1v) is 11.3. The van der Waals surface area contributed by atoms with E-state index in [1.807, 2.05) is 40.0 Å². The van der Waals surface area contributed by atoms with Gasteiger partial charge in [-0.2, -0.15) is 0 Å². The van der Waals surface area contributed by atoms with Crippen molar-refractivity contribution >= 4 is 33.6 Å². The van der Waals surface area contributed by atoms with Crippen LogP contribution < -0.4 is 20.1 Å². The molecule has 1 aromatic heterocycles. The summed E-state index contributed by atoms with van der Waals surface area (Å²) in [5.74, 6) is 1.85. The zero-order chi connectivity index (χ0) is 22.1. The van der Waals surface area contributed by atoms with E-state index in [-0.39, 0.29) is 18.1 Å². The molecule has 1 amide bonds. The number of carbonyl (C=O) groups excluding carboxylic acids is 1. The molecule has 0 saturated carbocycles. The molecule has 0 aliphatic carbocycles. The van der Waals surface area contributed by atoms with Gasteiger partial charge in [-0.1, -0.05) is 27.7 Å². The van der Waals surface area contributed by atoms with Crippen molar-refractivity contribution in [3.05, 3.63) is 22.2 Å². The van der Waals surface area contributed by atoms with Crippen molar-refractivity contribution in [2.24, 2.45) is 7.05 Å². The van der Waals surface area contributed by atoms with Gasteiger partial charge < -0.3 is 20.1 Å². The van der Waals surface area contributed by atoms with Gasteiger partial charge in [-0.05, 0) is 61.9 Å². The molecule has 1 aromatic carbocycles. The van der Waals surface area contributed by atoms with Crippen molar-refractivity contribution in [1.82, 2.24) is 30.8 Å². The molecule has 0 radical (unpaired) electrons. The molecule has 2 N–H and O–H groups in total. The van der Waals surface area contributed by atoms with Gasteiger partial charge in [0, 0.05) is 29.4 Å². The molecular formula is C19H29BrN6O3S. The lowest BCUT2D eigenvalue weighted by atomic mass is 10.1. The van der Waals surface area contributed by atoms with Crippen LogP contribution in [0.25, 0.3) is 0 Å². The lowest BCUT2D eigenvalue weighted by Gasteiger charge is -2.21. The van der Waals surface area contributed by atoms with Crippen molar-refractivity contribution in [3.63, 3.8) is 0 Å². The maximum atomic E-state index is 12.0.